The molecule has 0 aliphatic rings. The minimum Gasteiger partial charge on any atom is -0.497 e. The maximum absolute atomic E-state index is 5.69. The summed E-state index contributed by atoms with van der Waals surface area (Å²) in [6, 6.07) is 10.3. The quantitative estimate of drug-likeness (QED) is 0.646. The minimum absolute atomic E-state index is 0.113. The highest BCUT2D eigenvalue weighted by molar-refractivity contribution is 9.11. The van der Waals surface area contributed by atoms with Gasteiger partial charge in [-0.15, -0.1) is 11.3 Å². The summed E-state index contributed by atoms with van der Waals surface area (Å²) >= 11 is 5.27. The second-order valence-corrected chi connectivity index (χ2v) is 6.78. The Labute approximate surface area is 125 Å². The van der Waals surface area contributed by atoms with Gasteiger partial charge in [0.05, 0.1) is 16.9 Å². The van der Waals surface area contributed by atoms with Crippen molar-refractivity contribution >= 4 is 27.3 Å². The van der Waals surface area contributed by atoms with Gasteiger partial charge in [-0.25, -0.2) is 0 Å². The molecule has 1 aromatic heterocycles. The SMILES string of the molecule is COc1cccc(CC(NN)c2cc(C)c(Br)s2)c1. The average molecular weight is 341 g/mol. The van der Waals surface area contributed by atoms with E-state index < -0.39 is 0 Å². The molecule has 3 nitrogen and oxygen atoms in total. The van der Waals surface area contributed by atoms with Crippen molar-refractivity contribution in [3.8, 4) is 5.75 Å². The lowest BCUT2D eigenvalue weighted by molar-refractivity contribution is 0.414. The molecule has 0 radical (unpaired) electrons. The van der Waals surface area contributed by atoms with Gasteiger partial charge >= 0.3 is 0 Å². The molecule has 0 saturated carbocycles. The van der Waals surface area contributed by atoms with E-state index in [-0.39, 0.29) is 6.04 Å². The summed E-state index contributed by atoms with van der Waals surface area (Å²) in [5, 5.41) is 0. The first-order valence-electron chi connectivity index (χ1n) is 5.99. The number of hydrazine groups is 1. The number of nitrogens with one attached hydrogen (secondary N) is 1. The molecule has 0 saturated heterocycles. The van der Waals surface area contributed by atoms with Crippen LogP contribution in [0.1, 0.15) is 22.0 Å². The molecule has 1 unspecified atom stereocenters. The highest BCUT2D eigenvalue weighted by Gasteiger charge is 2.14. The summed E-state index contributed by atoms with van der Waals surface area (Å²) in [6.07, 6.45) is 0.833. The molecule has 3 N–H and O–H groups in total. The van der Waals surface area contributed by atoms with Gasteiger partial charge in [0.2, 0.25) is 0 Å². The van der Waals surface area contributed by atoms with Crippen LogP contribution in [0.5, 0.6) is 5.75 Å². The van der Waals surface area contributed by atoms with Crippen molar-refractivity contribution in [3.05, 3.63) is 50.1 Å². The first-order chi connectivity index (χ1) is 9.13. The molecule has 102 valence electrons. The van der Waals surface area contributed by atoms with Crippen LogP contribution in [0.3, 0.4) is 0 Å². The zero-order valence-electron chi connectivity index (χ0n) is 10.9. The first-order valence-corrected chi connectivity index (χ1v) is 7.60. The topological polar surface area (TPSA) is 47.3 Å². The molecule has 0 spiro atoms. The van der Waals surface area contributed by atoms with Crippen LogP contribution < -0.4 is 16.0 Å². The Morgan fingerprint density at radius 1 is 1.42 bits per heavy atom. The van der Waals surface area contributed by atoms with E-state index in [1.165, 1.54) is 16.0 Å². The number of thiophene rings is 1. The predicted octanol–water partition coefficient (Wildman–Crippen LogP) is 3.57. The Balaban J connectivity index is 2.18. The van der Waals surface area contributed by atoms with E-state index in [0.29, 0.717) is 0 Å². The average Bonchev–Trinajstić information content (AvgIpc) is 2.76. The standard InChI is InChI=1S/C14H17BrN2OS/c1-9-6-13(19-14(9)15)12(17-16)8-10-4-3-5-11(7-10)18-2/h3-7,12,17H,8,16H2,1-2H3. The lowest BCUT2D eigenvalue weighted by Crippen LogP contribution is -2.28. The van der Waals surface area contributed by atoms with Gasteiger partial charge in [-0.1, -0.05) is 12.1 Å². The summed E-state index contributed by atoms with van der Waals surface area (Å²) in [5.41, 5.74) is 5.33. The number of rotatable bonds is 5. The van der Waals surface area contributed by atoms with E-state index in [1.807, 2.05) is 18.2 Å². The fourth-order valence-corrected chi connectivity index (χ4v) is 3.56. The molecule has 1 atom stereocenters. The smallest absolute Gasteiger partial charge is 0.119 e. The minimum atomic E-state index is 0.113. The van der Waals surface area contributed by atoms with Crippen LogP contribution in [0.25, 0.3) is 0 Å². The van der Waals surface area contributed by atoms with Gasteiger partial charge in [0.25, 0.3) is 0 Å². The van der Waals surface area contributed by atoms with E-state index in [2.05, 4.69) is 40.4 Å². The third-order valence-corrected chi connectivity index (χ3v) is 5.25. The molecule has 1 heterocycles. The molecule has 2 rings (SSSR count). The molecule has 0 aliphatic carbocycles. The Hall–Kier alpha value is -0.880. The van der Waals surface area contributed by atoms with Gasteiger partial charge in [-0.05, 0) is 58.6 Å². The van der Waals surface area contributed by atoms with Crippen molar-refractivity contribution in [2.24, 2.45) is 5.84 Å². The van der Waals surface area contributed by atoms with Crippen LogP contribution in [0.15, 0.2) is 34.1 Å². The van der Waals surface area contributed by atoms with Crippen molar-refractivity contribution in [1.82, 2.24) is 5.43 Å². The Bertz CT molecular complexity index is 537. The highest BCUT2D eigenvalue weighted by atomic mass is 79.9. The lowest BCUT2D eigenvalue weighted by atomic mass is 10.0. The third-order valence-electron chi connectivity index (χ3n) is 2.99. The van der Waals surface area contributed by atoms with Gasteiger partial charge in [0.1, 0.15) is 5.75 Å². The van der Waals surface area contributed by atoms with E-state index in [9.17, 15) is 0 Å². The maximum atomic E-state index is 5.69. The number of halogens is 1. The van der Waals surface area contributed by atoms with E-state index in [4.69, 9.17) is 10.6 Å². The van der Waals surface area contributed by atoms with Crippen molar-refractivity contribution in [1.29, 1.82) is 0 Å². The molecular weight excluding hydrogens is 324 g/mol. The number of nitrogens with two attached hydrogens (primary N) is 1. The lowest BCUT2D eigenvalue weighted by Gasteiger charge is -2.14. The Kier molecular flexibility index (Phi) is 4.99. The number of hydrogen-bond donors (Lipinski definition) is 2. The molecular formula is C14H17BrN2OS. The summed E-state index contributed by atoms with van der Waals surface area (Å²) < 4.78 is 6.40. The summed E-state index contributed by atoms with van der Waals surface area (Å²) in [5.74, 6) is 6.56. The zero-order chi connectivity index (χ0) is 13.8. The first kappa shape index (κ1) is 14.5. The number of ether oxygens (including phenoxy) is 1. The molecule has 0 bridgehead atoms. The fourth-order valence-electron chi connectivity index (χ4n) is 1.93. The highest BCUT2D eigenvalue weighted by Crippen LogP contribution is 2.32. The van der Waals surface area contributed by atoms with Crippen LogP contribution in [0.2, 0.25) is 0 Å². The number of hydrogen-bond acceptors (Lipinski definition) is 4. The third kappa shape index (κ3) is 3.57. The molecule has 0 fully saturated rings. The van der Waals surface area contributed by atoms with Gasteiger partial charge in [0, 0.05) is 4.88 Å². The summed E-state index contributed by atoms with van der Waals surface area (Å²) in [4.78, 5) is 1.23. The van der Waals surface area contributed by atoms with Gasteiger partial charge in [0.15, 0.2) is 0 Å². The molecule has 2 aromatic rings. The molecule has 1 aromatic carbocycles. The van der Waals surface area contributed by atoms with Gasteiger partial charge < -0.3 is 4.74 Å². The zero-order valence-corrected chi connectivity index (χ0v) is 13.3. The monoisotopic (exact) mass is 340 g/mol. The van der Waals surface area contributed by atoms with Crippen LogP contribution >= 0.6 is 27.3 Å². The van der Waals surface area contributed by atoms with Crippen LogP contribution in [-0.2, 0) is 6.42 Å². The number of aryl methyl sites for hydroxylation is 1. The number of benzene rings is 1. The summed E-state index contributed by atoms with van der Waals surface area (Å²) in [6.45, 7) is 2.09. The van der Waals surface area contributed by atoms with Crippen molar-refractivity contribution < 1.29 is 4.74 Å². The van der Waals surface area contributed by atoms with E-state index in [0.717, 1.165) is 16.0 Å². The predicted molar refractivity (Wildman–Crippen MR) is 83.5 cm³/mol. The van der Waals surface area contributed by atoms with Crippen molar-refractivity contribution in [2.45, 2.75) is 19.4 Å². The normalized spacial score (nSPS) is 12.4. The Morgan fingerprint density at radius 2 is 2.21 bits per heavy atom. The van der Waals surface area contributed by atoms with Crippen LogP contribution in [-0.4, -0.2) is 7.11 Å². The largest absolute Gasteiger partial charge is 0.497 e. The molecule has 19 heavy (non-hydrogen) atoms. The summed E-state index contributed by atoms with van der Waals surface area (Å²) in [7, 11) is 1.68. The number of methoxy groups -OCH3 is 1. The van der Waals surface area contributed by atoms with Gasteiger partial charge in [-0.3, -0.25) is 11.3 Å². The van der Waals surface area contributed by atoms with Crippen molar-refractivity contribution in [3.63, 3.8) is 0 Å². The van der Waals surface area contributed by atoms with Crippen molar-refractivity contribution in [2.75, 3.05) is 7.11 Å². The molecule has 5 heteroatoms. The van der Waals surface area contributed by atoms with E-state index >= 15 is 0 Å². The fraction of sp³-hybridized carbons (Fsp3) is 0.286. The second-order valence-electron chi connectivity index (χ2n) is 4.38. The molecule has 0 aliphatic heterocycles. The Morgan fingerprint density at radius 3 is 2.79 bits per heavy atom. The van der Waals surface area contributed by atoms with Gasteiger partial charge in [-0.2, -0.15) is 0 Å². The van der Waals surface area contributed by atoms with E-state index in [1.54, 1.807) is 18.4 Å². The second kappa shape index (κ2) is 6.52. The maximum Gasteiger partial charge on any atom is 0.119 e. The molecule has 0 amide bonds. The van der Waals surface area contributed by atoms with Crippen LogP contribution in [0, 0.1) is 6.92 Å². The van der Waals surface area contributed by atoms with Crippen LogP contribution in [0.4, 0.5) is 0 Å².